The number of nitrogens with zero attached hydrogens (tertiary/aromatic N) is 1. The quantitative estimate of drug-likeness (QED) is 0.895. The highest BCUT2D eigenvalue weighted by Crippen LogP contribution is 2.35. The maximum atomic E-state index is 14.0. The molecule has 104 valence electrons. The molecule has 0 spiro atoms. The van der Waals surface area contributed by atoms with Gasteiger partial charge in [0.05, 0.1) is 0 Å². The molecule has 1 saturated heterocycles. The van der Waals surface area contributed by atoms with Crippen molar-refractivity contribution in [2.45, 2.75) is 25.3 Å². The Morgan fingerprint density at radius 3 is 2.53 bits per heavy atom. The lowest BCUT2D eigenvalue weighted by molar-refractivity contribution is 0.485. The predicted molar refractivity (Wildman–Crippen MR) is 75.4 cm³/mol. The van der Waals surface area contributed by atoms with Crippen LogP contribution in [-0.2, 0) is 0 Å². The zero-order valence-corrected chi connectivity index (χ0v) is 12.2. The van der Waals surface area contributed by atoms with E-state index in [1.807, 2.05) is 4.90 Å². The Morgan fingerprint density at radius 2 is 1.89 bits per heavy atom. The molecule has 2 nitrogen and oxygen atoms in total. The van der Waals surface area contributed by atoms with Gasteiger partial charge in [-0.25, -0.2) is 8.78 Å². The van der Waals surface area contributed by atoms with Gasteiger partial charge >= 0.3 is 0 Å². The highest BCUT2D eigenvalue weighted by Gasteiger charge is 2.34. The van der Waals surface area contributed by atoms with Gasteiger partial charge in [-0.05, 0) is 43.9 Å². The van der Waals surface area contributed by atoms with Crippen molar-refractivity contribution in [3.63, 3.8) is 0 Å². The standard InChI is InChI=1S/C14H17BrF2N2/c15-10-6-11(16)14(12(17)7-10)19-5-1-4-18-13(8-19)9-2-3-9/h6-7,9,13,18H,1-5,8H2. The van der Waals surface area contributed by atoms with Crippen LogP contribution in [0.3, 0.4) is 0 Å². The lowest BCUT2D eigenvalue weighted by atomic mass is 10.1. The maximum absolute atomic E-state index is 14.0. The molecule has 3 rings (SSSR count). The van der Waals surface area contributed by atoms with Gasteiger partial charge < -0.3 is 10.2 Å². The Kier molecular flexibility index (Phi) is 3.76. The van der Waals surface area contributed by atoms with Crippen molar-refractivity contribution in [3.05, 3.63) is 28.2 Å². The summed E-state index contributed by atoms with van der Waals surface area (Å²) in [6.45, 7) is 2.32. The summed E-state index contributed by atoms with van der Waals surface area (Å²) in [7, 11) is 0. The summed E-state index contributed by atoms with van der Waals surface area (Å²) in [6.07, 6.45) is 3.38. The molecular formula is C14H17BrF2N2. The minimum atomic E-state index is -0.483. The molecule has 1 unspecified atom stereocenters. The second kappa shape index (κ2) is 5.37. The molecule has 19 heavy (non-hydrogen) atoms. The van der Waals surface area contributed by atoms with Crippen LogP contribution in [0.2, 0.25) is 0 Å². The van der Waals surface area contributed by atoms with E-state index in [-0.39, 0.29) is 5.69 Å². The molecule has 1 atom stereocenters. The van der Waals surface area contributed by atoms with E-state index in [1.54, 1.807) is 0 Å². The van der Waals surface area contributed by atoms with Crippen molar-refractivity contribution in [3.8, 4) is 0 Å². The third-order valence-corrected chi connectivity index (χ3v) is 4.38. The Morgan fingerprint density at radius 1 is 1.21 bits per heavy atom. The average Bonchev–Trinajstić information content (AvgIpc) is 3.14. The van der Waals surface area contributed by atoms with Crippen molar-refractivity contribution in [2.24, 2.45) is 5.92 Å². The Labute approximate surface area is 120 Å². The number of nitrogens with one attached hydrogen (secondary N) is 1. The molecule has 1 N–H and O–H groups in total. The zero-order chi connectivity index (χ0) is 13.4. The van der Waals surface area contributed by atoms with Crippen LogP contribution in [0.25, 0.3) is 0 Å². The summed E-state index contributed by atoms with van der Waals surface area (Å²) in [6, 6.07) is 3.04. The number of benzene rings is 1. The molecule has 5 heteroatoms. The minimum absolute atomic E-state index is 0.123. The maximum Gasteiger partial charge on any atom is 0.150 e. The minimum Gasteiger partial charge on any atom is -0.365 e. The average molecular weight is 331 g/mol. The van der Waals surface area contributed by atoms with Crippen LogP contribution in [-0.4, -0.2) is 25.7 Å². The predicted octanol–water partition coefficient (Wildman–Crippen LogP) is 3.31. The molecule has 0 bridgehead atoms. The van der Waals surface area contributed by atoms with Crippen LogP contribution in [0.1, 0.15) is 19.3 Å². The summed E-state index contributed by atoms with van der Waals surface area (Å²) in [5.74, 6) is -0.284. The first-order chi connectivity index (χ1) is 9.15. The van der Waals surface area contributed by atoms with Crippen LogP contribution < -0.4 is 10.2 Å². The molecule has 0 aromatic heterocycles. The zero-order valence-electron chi connectivity index (χ0n) is 10.6. The van der Waals surface area contributed by atoms with E-state index in [0.29, 0.717) is 29.5 Å². The number of rotatable bonds is 2. The van der Waals surface area contributed by atoms with E-state index in [0.717, 1.165) is 13.0 Å². The first kappa shape index (κ1) is 13.3. The topological polar surface area (TPSA) is 15.3 Å². The van der Waals surface area contributed by atoms with Gasteiger partial charge in [0.1, 0.15) is 5.69 Å². The van der Waals surface area contributed by atoms with Gasteiger partial charge in [0, 0.05) is 23.6 Å². The summed E-state index contributed by atoms with van der Waals surface area (Å²) < 4.78 is 28.5. The largest absolute Gasteiger partial charge is 0.365 e. The third kappa shape index (κ3) is 2.92. The van der Waals surface area contributed by atoms with E-state index in [2.05, 4.69) is 21.2 Å². The highest BCUT2D eigenvalue weighted by molar-refractivity contribution is 9.10. The number of halogens is 3. The Bertz CT molecular complexity index is 454. The fourth-order valence-electron chi connectivity index (χ4n) is 2.80. The number of hydrogen-bond donors (Lipinski definition) is 1. The highest BCUT2D eigenvalue weighted by atomic mass is 79.9. The van der Waals surface area contributed by atoms with Crippen molar-refractivity contribution < 1.29 is 8.78 Å². The van der Waals surface area contributed by atoms with Crippen LogP contribution >= 0.6 is 15.9 Å². The summed E-state index contributed by atoms with van der Waals surface area (Å²) >= 11 is 3.12. The van der Waals surface area contributed by atoms with Crippen LogP contribution in [0.15, 0.2) is 16.6 Å². The van der Waals surface area contributed by atoms with E-state index >= 15 is 0 Å². The lowest BCUT2D eigenvalue weighted by Gasteiger charge is -2.27. The van der Waals surface area contributed by atoms with Gasteiger partial charge in [0.15, 0.2) is 11.6 Å². The molecule has 0 radical (unpaired) electrons. The molecular weight excluding hydrogens is 314 g/mol. The third-order valence-electron chi connectivity index (χ3n) is 3.92. The van der Waals surface area contributed by atoms with Gasteiger partial charge in [-0.2, -0.15) is 0 Å². The molecule has 2 fully saturated rings. The Balaban J connectivity index is 1.87. The molecule has 1 saturated carbocycles. The normalized spacial score (nSPS) is 24.4. The van der Waals surface area contributed by atoms with Gasteiger partial charge in [-0.3, -0.25) is 0 Å². The SMILES string of the molecule is Fc1cc(Br)cc(F)c1N1CCCNC(C2CC2)C1. The Hall–Kier alpha value is -0.680. The molecule has 1 aromatic carbocycles. The first-order valence-corrected chi connectivity index (χ1v) is 7.57. The summed E-state index contributed by atoms with van der Waals surface area (Å²) in [4.78, 5) is 1.86. The summed E-state index contributed by atoms with van der Waals surface area (Å²) in [5.41, 5.74) is 0.123. The molecule has 2 aliphatic rings. The lowest BCUT2D eigenvalue weighted by Crippen LogP contribution is -2.39. The van der Waals surface area contributed by atoms with Gasteiger partial charge in [-0.15, -0.1) is 0 Å². The molecule has 1 heterocycles. The van der Waals surface area contributed by atoms with Crippen molar-refractivity contribution in [2.75, 3.05) is 24.5 Å². The fraction of sp³-hybridized carbons (Fsp3) is 0.571. The summed E-state index contributed by atoms with van der Waals surface area (Å²) in [5, 5.41) is 3.50. The van der Waals surface area contributed by atoms with Crippen molar-refractivity contribution >= 4 is 21.6 Å². The van der Waals surface area contributed by atoms with E-state index < -0.39 is 11.6 Å². The van der Waals surface area contributed by atoms with Gasteiger partial charge in [0.2, 0.25) is 0 Å². The second-order valence-electron chi connectivity index (χ2n) is 5.42. The van der Waals surface area contributed by atoms with Crippen LogP contribution in [0, 0.1) is 17.6 Å². The smallest absolute Gasteiger partial charge is 0.150 e. The van der Waals surface area contributed by atoms with Crippen molar-refractivity contribution in [1.29, 1.82) is 0 Å². The van der Waals surface area contributed by atoms with Gasteiger partial charge in [0.25, 0.3) is 0 Å². The fourth-order valence-corrected chi connectivity index (χ4v) is 3.21. The molecule has 1 aliphatic heterocycles. The molecule has 1 aromatic rings. The van der Waals surface area contributed by atoms with Gasteiger partial charge in [-0.1, -0.05) is 15.9 Å². The monoisotopic (exact) mass is 330 g/mol. The van der Waals surface area contributed by atoms with E-state index in [1.165, 1.54) is 25.0 Å². The van der Waals surface area contributed by atoms with Crippen LogP contribution in [0.5, 0.6) is 0 Å². The van der Waals surface area contributed by atoms with Crippen molar-refractivity contribution in [1.82, 2.24) is 5.32 Å². The van der Waals surface area contributed by atoms with Crippen LogP contribution in [0.4, 0.5) is 14.5 Å². The second-order valence-corrected chi connectivity index (χ2v) is 6.33. The number of hydrogen-bond acceptors (Lipinski definition) is 2. The van der Waals surface area contributed by atoms with E-state index in [4.69, 9.17) is 0 Å². The van der Waals surface area contributed by atoms with E-state index in [9.17, 15) is 8.78 Å². The molecule has 1 aliphatic carbocycles. The number of anilines is 1. The molecule has 0 amide bonds. The first-order valence-electron chi connectivity index (χ1n) is 6.78.